The van der Waals surface area contributed by atoms with Gasteiger partial charge in [-0.05, 0) is 43.9 Å². The molecule has 2 heterocycles. The van der Waals surface area contributed by atoms with E-state index in [9.17, 15) is 14.4 Å². The number of amides is 1. The normalized spacial score (nSPS) is 16.8. The van der Waals surface area contributed by atoms with Gasteiger partial charge in [0.15, 0.2) is 5.54 Å². The molecule has 41 heavy (non-hydrogen) atoms. The molecule has 0 spiro atoms. The number of rotatable bonds is 11. The minimum absolute atomic E-state index is 0.00354. The SMILES string of the molecule is CC(C)C(c1ccc(N2CCOCC2)nc1)[C@@](C(=O)OOCc1ccccc1)(C(C)C=O)N(C)C(=O)OC(C)(C)C. The summed E-state index contributed by atoms with van der Waals surface area (Å²) < 4.78 is 11.1. The molecule has 1 amide bonds. The van der Waals surface area contributed by atoms with E-state index in [4.69, 9.17) is 24.2 Å². The minimum atomic E-state index is -1.82. The molecule has 0 saturated carbocycles. The summed E-state index contributed by atoms with van der Waals surface area (Å²) in [7, 11) is 1.46. The third-order valence-electron chi connectivity index (χ3n) is 7.26. The molecule has 2 aromatic rings. The highest BCUT2D eigenvalue weighted by molar-refractivity contribution is 5.90. The molecule has 0 radical (unpaired) electrons. The van der Waals surface area contributed by atoms with E-state index in [1.54, 1.807) is 33.9 Å². The van der Waals surface area contributed by atoms with Gasteiger partial charge in [-0.15, -0.1) is 0 Å². The minimum Gasteiger partial charge on any atom is -0.444 e. The highest BCUT2D eigenvalue weighted by Crippen LogP contribution is 2.45. The Hall–Kier alpha value is -3.50. The predicted molar refractivity (Wildman–Crippen MR) is 154 cm³/mol. The third kappa shape index (κ3) is 7.62. The maximum absolute atomic E-state index is 14.2. The second-order valence-corrected chi connectivity index (χ2v) is 11.7. The van der Waals surface area contributed by atoms with Gasteiger partial charge in [-0.25, -0.2) is 14.6 Å². The first kappa shape index (κ1) is 32.0. The van der Waals surface area contributed by atoms with E-state index in [2.05, 4.69) is 4.90 Å². The molecule has 224 valence electrons. The Kier molecular flexibility index (Phi) is 10.9. The summed E-state index contributed by atoms with van der Waals surface area (Å²) >= 11 is 0. The molecule has 1 aromatic carbocycles. The zero-order valence-corrected chi connectivity index (χ0v) is 25.2. The molecule has 1 aliphatic heterocycles. The van der Waals surface area contributed by atoms with E-state index in [1.807, 2.05) is 56.3 Å². The molecule has 1 saturated heterocycles. The van der Waals surface area contributed by atoms with Crippen LogP contribution in [0.15, 0.2) is 48.7 Å². The summed E-state index contributed by atoms with van der Waals surface area (Å²) in [6.45, 7) is 13.3. The van der Waals surface area contributed by atoms with Crippen LogP contribution in [0.25, 0.3) is 0 Å². The van der Waals surface area contributed by atoms with E-state index in [0.717, 1.165) is 24.5 Å². The molecule has 0 bridgehead atoms. The summed E-state index contributed by atoms with van der Waals surface area (Å²) in [5.74, 6) is -2.04. The quantitative estimate of drug-likeness (QED) is 0.215. The number of benzene rings is 1. The standard InChI is InChI=1S/C31H43N3O7/c1-22(2)27(25-13-14-26(32-19-25)34-15-17-38-18-16-34)31(23(3)20-35,33(7)29(37)40-30(4,5)6)28(36)41-39-21-24-11-9-8-10-12-24/h8-14,19-20,22-23,27H,15-18,21H2,1-7H3/t23?,27?,31-/m1/s1. The molecule has 1 aromatic heterocycles. The molecule has 0 N–H and O–H groups in total. The van der Waals surface area contributed by atoms with Gasteiger partial charge in [0, 0.05) is 38.2 Å². The van der Waals surface area contributed by atoms with Crippen LogP contribution in [0.5, 0.6) is 0 Å². The van der Waals surface area contributed by atoms with Crippen molar-refractivity contribution in [1.29, 1.82) is 0 Å². The lowest BCUT2D eigenvalue weighted by Crippen LogP contribution is -2.65. The predicted octanol–water partition coefficient (Wildman–Crippen LogP) is 4.77. The lowest BCUT2D eigenvalue weighted by molar-refractivity contribution is -0.290. The first-order valence-corrected chi connectivity index (χ1v) is 14.0. The van der Waals surface area contributed by atoms with Crippen LogP contribution in [-0.2, 0) is 35.4 Å². The molecule has 1 aliphatic rings. The van der Waals surface area contributed by atoms with Crippen LogP contribution in [0.3, 0.4) is 0 Å². The zero-order chi connectivity index (χ0) is 30.2. The maximum Gasteiger partial charge on any atom is 0.411 e. The number of carbonyl (C=O) groups excluding carboxylic acids is 3. The average molecular weight is 570 g/mol. The first-order valence-electron chi connectivity index (χ1n) is 14.0. The fourth-order valence-electron chi connectivity index (χ4n) is 5.33. The van der Waals surface area contributed by atoms with Crippen LogP contribution in [0.1, 0.15) is 58.6 Å². The van der Waals surface area contributed by atoms with Gasteiger partial charge >= 0.3 is 12.1 Å². The Morgan fingerprint density at radius 2 is 1.73 bits per heavy atom. The number of anilines is 1. The van der Waals surface area contributed by atoms with Crippen molar-refractivity contribution in [3.05, 3.63) is 59.8 Å². The Balaban J connectivity index is 2.07. The van der Waals surface area contributed by atoms with Crippen molar-refractivity contribution in [3.63, 3.8) is 0 Å². The van der Waals surface area contributed by atoms with Gasteiger partial charge < -0.3 is 19.2 Å². The van der Waals surface area contributed by atoms with Gasteiger partial charge in [-0.3, -0.25) is 9.79 Å². The third-order valence-corrected chi connectivity index (χ3v) is 7.26. The van der Waals surface area contributed by atoms with Crippen LogP contribution >= 0.6 is 0 Å². The average Bonchev–Trinajstić information content (AvgIpc) is 2.95. The van der Waals surface area contributed by atoms with Crippen LogP contribution in [0.2, 0.25) is 0 Å². The van der Waals surface area contributed by atoms with Crippen LogP contribution in [0, 0.1) is 11.8 Å². The topological polar surface area (TPSA) is 108 Å². The van der Waals surface area contributed by atoms with Gasteiger partial charge in [0.05, 0.1) is 13.2 Å². The number of ether oxygens (including phenoxy) is 2. The fourth-order valence-corrected chi connectivity index (χ4v) is 5.33. The van der Waals surface area contributed by atoms with Crippen molar-refractivity contribution in [2.75, 3.05) is 38.3 Å². The van der Waals surface area contributed by atoms with Gasteiger partial charge in [0.25, 0.3) is 0 Å². The largest absolute Gasteiger partial charge is 0.444 e. The van der Waals surface area contributed by atoms with Crippen molar-refractivity contribution in [2.24, 2.45) is 11.8 Å². The fraction of sp³-hybridized carbons (Fsp3) is 0.548. The molecule has 10 heteroatoms. The second-order valence-electron chi connectivity index (χ2n) is 11.7. The molecule has 2 unspecified atom stereocenters. The van der Waals surface area contributed by atoms with Crippen molar-refractivity contribution in [1.82, 2.24) is 9.88 Å². The zero-order valence-electron chi connectivity index (χ0n) is 25.2. The van der Waals surface area contributed by atoms with E-state index in [0.29, 0.717) is 25.1 Å². The second kappa shape index (κ2) is 13.9. The van der Waals surface area contributed by atoms with E-state index < -0.39 is 35.0 Å². The van der Waals surface area contributed by atoms with E-state index >= 15 is 0 Å². The smallest absolute Gasteiger partial charge is 0.411 e. The van der Waals surface area contributed by atoms with Crippen molar-refractivity contribution in [2.45, 2.75) is 65.2 Å². The first-order chi connectivity index (χ1) is 19.4. The van der Waals surface area contributed by atoms with Crippen LogP contribution < -0.4 is 4.90 Å². The van der Waals surface area contributed by atoms with Crippen molar-refractivity contribution >= 4 is 24.2 Å². The molecule has 10 nitrogen and oxygen atoms in total. The molecule has 3 atom stereocenters. The Morgan fingerprint density at radius 3 is 2.27 bits per heavy atom. The number of morpholine rings is 1. The highest BCUT2D eigenvalue weighted by atomic mass is 17.2. The number of hydrogen-bond donors (Lipinski definition) is 0. The Morgan fingerprint density at radius 1 is 1.07 bits per heavy atom. The summed E-state index contributed by atoms with van der Waals surface area (Å²) in [5, 5.41) is 0. The molecule has 3 rings (SSSR count). The molecule has 1 fully saturated rings. The molecule has 0 aliphatic carbocycles. The summed E-state index contributed by atoms with van der Waals surface area (Å²) in [6.07, 6.45) is 1.59. The molecular formula is C31H43N3O7. The van der Waals surface area contributed by atoms with Crippen molar-refractivity contribution < 1.29 is 33.6 Å². The lowest BCUT2D eigenvalue weighted by Gasteiger charge is -2.48. The number of nitrogens with zero attached hydrogens (tertiary/aromatic N) is 3. The van der Waals surface area contributed by atoms with Gasteiger partial charge in [-0.2, -0.15) is 4.89 Å². The number of aromatic nitrogens is 1. The van der Waals surface area contributed by atoms with Gasteiger partial charge in [0.1, 0.15) is 24.3 Å². The Labute approximate surface area is 242 Å². The Bertz CT molecular complexity index is 1140. The van der Waals surface area contributed by atoms with E-state index in [-0.39, 0.29) is 12.5 Å². The van der Waals surface area contributed by atoms with Gasteiger partial charge in [0.2, 0.25) is 0 Å². The van der Waals surface area contributed by atoms with Gasteiger partial charge in [-0.1, -0.05) is 57.2 Å². The van der Waals surface area contributed by atoms with Crippen molar-refractivity contribution in [3.8, 4) is 0 Å². The summed E-state index contributed by atoms with van der Waals surface area (Å²) in [6, 6.07) is 13.0. The maximum atomic E-state index is 14.2. The number of carbonyl (C=O) groups is 3. The number of hydrogen-bond acceptors (Lipinski definition) is 9. The lowest BCUT2D eigenvalue weighted by atomic mass is 9.66. The summed E-state index contributed by atoms with van der Waals surface area (Å²) in [5.41, 5.74) is -1.21. The monoisotopic (exact) mass is 569 g/mol. The number of aldehydes is 1. The van der Waals surface area contributed by atoms with Crippen LogP contribution in [-0.4, -0.2) is 72.7 Å². The summed E-state index contributed by atoms with van der Waals surface area (Å²) in [4.78, 5) is 59.1. The number of likely N-dealkylation sites (N-methyl/N-ethyl adjacent to an activating group) is 1. The number of pyridine rings is 1. The molecular weight excluding hydrogens is 526 g/mol. The van der Waals surface area contributed by atoms with E-state index in [1.165, 1.54) is 11.9 Å². The highest BCUT2D eigenvalue weighted by Gasteiger charge is 2.59. The van der Waals surface area contributed by atoms with Crippen LogP contribution in [0.4, 0.5) is 10.6 Å².